The molecule has 0 spiro atoms. The van der Waals surface area contributed by atoms with Crippen molar-refractivity contribution in [2.24, 2.45) is 0 Å². The van der Waals surface area contributed by atoms with E-state index in [1.807, 2.05) is 0 Å². The lowest BCUT2D eigenvalue weighted by Crippen LogP contribution is -2.25. The van der Waals surface area contributed by atoms with Crippen LogP contribution >= 0.6 is 0 Å². The van der Waals surface area contributed by atoms with Crippen LogP contribution in [0.15, 0.2) is 18.2 Å². The van der Waals surface area contributed by atoms with Gasteiger partial charge in [0.2, 0.25) is 20.0 Å². The third kappa shape index (κ3) is 3.15. The Hall–Kier alpha value is -1.48. The van der Waals surface area contributed by atoms with Gasteiger partial charge in [0.1, 0.15) is 5.75 Å². The molecule has 112 valence electrons. The van der Waals surface area contributed by atoms with E-state index in [1.54, 1.807) is 6.07 Å². The molecule has 0 aromatic heterocycles. The van der Waals surface area contributed by atoms with Crippen LogP contribution in [0.5, 0.6) is 5.75 Å². The number of nitrogens with zero attached hydrogens (tertiary/aromatic N) is 1. The maximum Gasteiger partial charge on any atom is 0.235 e. The lowest BCUT2D eigenvalue weighted by atomic mass is 10.2. The minimum Gasteiger partial charge on any atom is -0.495 e. The number of hydrogen-bond donors (Lipinski definition) is 1. The van der Waals surface area contributed by atoms with Gasteiger partial charge in [0.15, 0.2) is 0 Å². The molecule has 1 heterocycles. The molecular weight excluding hydrogens is 304 g/mol. The molecule has 1 aliphatic rings. The highest BCUT2D eigenvalue weighted by atomic mass is 32.2. The summed E-state index contributed by atoms with van der Waals surface area (Å²) in [6.45, 7) is 0.396. The summed E-state index contributed by atoms with van der Waals surface area (Å²) in [5, 5.41) is 0. The molecule has 20 heavy (non-hydrogen) atoms. The highest BCUT2D eigenvalue weighted by molar-refractivity contribution is 7.93. The number of benzene rings is 1. The molecule has 1 aliphatic heterocycles. The van der Waals surface area contributed by atoms with Crippen LogP contribution in [0.1, 0.15) is 6.42 Å². The van der Waals surface area contributed by atoms with Crippen molar-refractivity contribution >= 4 is 31.4 Å². The molecule has 1 aromatic carbocycles. The summed E-state index contributed by atoms with van der Waals surface area (Å²) in [7, 11) is -5.37. The number of ether oxygens (including phenoxy) is 1. The standard InChI is InChI=1S/C11H16N2O5S2/c1-18-11-5-4-9(8-10(11)12-19(2,14)15)13-6-3-7-20(13,16)17/h4-5,8,12H,3,6-7H2,1-2H3. The van der Waals surface area contributed by atoms with E-state index in [0.29, 0.717) is 24.4 Å². The Morgan fingerprint density at radius 3 is 2.55 bits per heavy atom. The van der Waals surface area contributed by atoms with Gasteiger partial charge in [-0.2, -0.15) is 0 Å². The molecule has 1 fully saturated rings. The first-order valence-electron chi connectivity index (χ1n) is 5.89. The van der Waals surface area contributed by atoms with Gasteiger partial charge in [-0.1, -0.05) is 0 Å². The van der Waals surface area contributed by atoms with Crippen LogP contribution in [-0.4, -0.2) is 42.5 Å². The zero-order chi connectivity index (χ0) is 15.0. The number of hydrogen-bond acceptors (Lipinski definition) is 5. The van der Waals surface area contributed by atoms with Crippen LogP contribution in [0.25, 0.3) is 0 Å². The van der Waals surface area contributed by atoms with E-state index >= 15 is 0 Å². The van der Waals surface area contributed by atoms with Crippen LogP contribution in [0.2, 0.25) is 0 Å². The number of nitrogens with one attached hydrogen (secondary N) is 1. The highest BCUT2D eigenvalue weighted by Crippen LogP contribution is 2.33. The summed E-state index contributed by atoms with van der Waals surface area (Å²) < 4.78 is 55.1. The van der Waals surface area contributed by atoms with Gasteiger partial charge in [0.05, 0.1) is 30.5 Å². The molecule has 2 rings (SSSR count). The largest absolute Gasteiger partial charge is 0.495 e. The van der Waals surface area contributed by atoms with Crippen molar-refractivity contribution < 1.29 is 21.6 Å². The van der Waals surface area contributed by atoms with Crippen molar-refractivity contribution in [2.75, 3.05) is 34.7 Å². The highest BCUT2D eigenvalue weighted by Gasteiger charge is 2.29. The van der Waals surface area contributed by atoms with Crippen molar-refractivity contribution in [3.05, 3.63) is 18.2 Å². The molecule has 0 aliphatic carbocycles. The van der Waals surface area contributed by atoms with Crippen molar-refractivity contribution in [1.82, 2.24) is 0 Å². The lowest BCUT2D eigenvalue weighted by molar-refractivity contribution is 0.417. The van der Waals surface area contributed by atoms with E-state index in [-0.39, 0.29) is 11.4 Å². The Kier molecular flexibility index (Phi) is 3.83. The summed E-state index contributed by atoms with van der Waals surface area (Å²) in [5.74, 6) is 0.434. The minimum absolute atomic E-state index is 0.105. The first-order valence-corrected chi connectivity index (χ1v) is 9.39. The first-order chi connectivity index (χ1) is 9.23. The summed E-state index contributed by atoms with van der Waals surface area (Å²) in [6, 6.07) is 4.59. The fourth-order valence-electron chi connectivity index (χ4n) is 2.06. The second-order valence-electron chi connectivity index (χ2n) is 4.50. The van der Waals surface area contributed by atoms with Crippen molar-refractivity contribution in [1.29, 1.82) is 0 Å². The quantitative estimate of drug-likeness (QED) is 0.877. The molecule has 7 nitrogen and oxygen atoms in total. The minimum atomic E-state index is -3.48. The molecule has 0 atom stereocenters. The monoisotopic (exact) mass is 320 g/mol. The van der Waals surface area contributed by atoms with Crippen molar-refractivity contribution in [2.45, 2.75) is 6.42 Å². The molecule has 0 radical (unpaired) electrons. The molecular formula is C11H16N2O5S2. The van der Waals surface area contributed by atoms with Gasteiger partial charge in [0, 0.05) is 6.54 Å². The summed E-state index contributed by atoms with van der Waals surface area (Å²) >= 11 is 0. The zero-order valence-corrected chi connectivity index (χ0v) is 12.8. The Morgan fingerprint density at radius 1 is 1.35 bits per heavy atom. The van der Waals surface area contributed by atoms with Gasteiger partial charge in [-0.25, -0.2) is 16.8 Å². The number of anilines is 2. The maximum absolute atomic E-state index is 11.9. The van der Waals surface area contributed by atoms with Gasteiger partial charge >= 0.3 is 0 Å². The second-order valence-corrected chi connectivity index (χ2v) is 8.26. The van der Waals surface area contributed by atoms with E-state index in [9.17, 15) is 16.8 Å². The summed E-state index contributed by atoms with van der Waals surface area (Å²) in [6.07, 6.45) is 1.58. The Bertz CT molecular complexity index is 712. The van der Waals surface area contributed by atoms with E-state index in [2.05, 4.69) is 4.72 Å². The van der Waals surface area contributed by atoms with Gasteiger partial charge in [-0.3, -0.25) is 9.03 Å². The molecule has 0 bridgehead atoms. The number of rotatable bonds is 4. The van der Waals surface area contributed by atoms with Gasteiger partial charge in [0.25, 0.3) is 0 Å². The number of methoxy groups -OCH3 is 1. The molecule has 0 saturated carbocycles. The van der Waals surface area contributed by atoms with Gasteiger partial charge in [-0.05, 0) is 24.6 Å². The van der Waals surface area contributed by atoms with Crippen LogP contribution in [0, 0.1) is 0 Å². The van der Waals surface area contributed by atoms with E-state index in [0.717, 1.165) is 6.26 Å². The smallest absolute Gasteiger partial charge is 0.235 e. The predicted octanol–water partition coefficient (Wildman–Crippen LogP) is 0.607. The third-order valence-corrected chi connectivity index (χ3v) is 5.33. The Labute approximate surface area is 118 Å². The average molecular weight is 320 g/mol. The van der Waals surface area contributed by atoms with Gasteiger partial charge < -0.3 is 4.74 Å². The van der Waals surface area contributed by atoms with E-state index in [1.165, 1.54) is 23.5 Å². The molecule has 1 N–H and O–H groups in total. The summed E-state index contributed by atoms with van der Waals surface area (Å²) in [5.41, 5.74) is 0.643. The average Bonchev–Trinajstić information content (AvgIpc) is 2.67. The van der Waals surface area contributed by atoms with Gasteiger partial charge in [-0.15, -0.1) is 0 Å². The summed E-state index contributed by atoms with van der Waals surface area (Å²) in [4.78, 5) is 0. The SMILES string of the molecule is COc1ccc(N2CCCS2(=O)=O)cc1NS(C)(=O)=O. The second kappa shape index (κ2) is 5.13. The van der Waals surface area contributed by atoms with E-state index in [4.69, 9.17) is 4.74 Å². The Balaban J connectivity index is 2.45. The van der Waals surface area contributed by atoms with Crippen LogP contribution < -0.4 is 13.8 Å². The van der Waals surface area contributed by atoms with Crippen molar-refractivity contribution in [3.8, 4) is 5.75 Å². The van der Waals surface area contributed by atoms with Crippen LogP contribution in [0.4, 0.5) is 11.4 Å². The number of sulfonamides is 2. The third-order valence-electron chi connectivity index (χ3n) is 2.87. The maximum atomic E-state index is 11.9. The topological polar surface area (TPSA) is 92.8 Å². The Morgan fingerprint density at radius 2 is 2.05 bits per heavy atom. The predicted molar refractivity (Wildman–Crippen MR) is 77.2 cm³/mol. The van der Waals surface area contributed by atoms with Crippen LogP contribution in [0.3, 0.4) is 0 Å². The lowest BCUT2D eigenvalue weighted by Gasteiger charge is -2.19. The molecule has 1 saturated heterocycles. The van der Waals surface area contributed by atoms with E-state index < -0.39 is 20.0 Å². The zero-order valence-electron chi connectivity index (χ0n) is 11.2. The van der Waals surface area contributed by atoms with Crippen LogP contribution in [-0.2, 0) is 20.0 Å². The fourth-order valence-corrected chi connectivity index (χ4v) is 4.18. The molecule has 0 unspecified atom stereocenters. The first kappa shape index (κ1) is 14.9. The molecule has 0 amide bonds. The normalized spacial score (nSPS) is 18.0. The van der Waals surface area contributed by atoms with Crippen molar-refractivity contribution in [3.63, 3.8) is 0 Å². The fraction of sp³-hybridized carbons (Fsp3) is 0.455. The molecule has 1 aromatic rings. The molecule has 9 heteroatoms.